The van der Waals surface area contributed by atoms with Crippen molar-refractivity contribution in [3.63, 3.8) is 0 Å². The number of hydrogen-bond acceptors (Lipinski definition) is 5. The van der Waals surface area contributed by atoms with Gasteiger partial charge >= 0.3 is 6.18 Å². The monoisotopic (exact) mass is 474 g/mol. The Kier molecular flexibility index (Phi) is 8.46. The molecule has 1 heterocycles. The summed E-state index contributed by atoms with van der Waals surface area (Å²) in [5.74, 6) is -0.0153. The van der Waals surface area contributed by atoms with E-state index in [1.165, 1.54) is 12.3 Å². The van der Waals surface area contributed by atoms with E-state index in [0.717, 1.165) is 23.3 Å². The number of aromatic nitrogens is 1. The van der Waals surface area contributed by atoms with Crippen LogP contribution in [0.5, 0.6) is 0 Å². The van der Waals surface area contributed by atoms with E-state index in [9.17, 15) is 18.0 Å². The van der Waals surface area contributed by atoms with Gasteiger partial charge in [-0.25, -0.2) is 4.98 Å². The smallest absolute Gasteiger partial charge is 0.416 e. The Morgan fingerprint density at radius 3 is 2.53 bits per heavy atom. The van der Waals surface area contributed by atoms with E-state index in [0.29, 0.717) is 31.1 Å². The van der Waals surface area contributed by atoms with Crippen LogP contribution in [0.3, 0.4) is 0 Å². The Morgan fingerprint density at radius 1 is 1.06 bits per heavy atom. The second-order valence-corrected chi connectivity index (χ2v) is 8.46. The summed E-state index contributed by atoms with van der Waals surface area (Å²) in [5.41, 5.74) is 2.13. The highest BCUT2D eigenvalue weighted by molar-refractivity contribution is 5.91. The van der Waals surface area contributed by atoms with Crippen LogP contribution in [-0.4, -0.2) is 47.9 Å². The lowest BCUT2D eigenvalue weighted by atomic mass is 10.1. The van der Waals surface area contributed by atoms with Crippen molar-refractivity contribution in [1.29, 1.82) is 0 Å². The predicted molar refractivity (Wildman–Crippen MR) is 123 cm³/mol. The summed E-state index contributed by atoms with van der Waals surface area (Å²) >= 11 is 0. The quantitative estimate of drug-likeness (QED) is 0.469. The number of carbonyl (C=O) groups is 1. The van der Waals surface area contributed by atoms with Crippen LogP contribution < -0.4 is 5.32 Å². The molecule has 9 heteroatoms. The topological polar surface area (TPSA) is 61.6 Å². The van der Waals surface area contributed by atoms with E-state index in [2.05, 4.69) is 10.3 Å². The van der Waals surface area contributed by atoms with Gasteiger partial charge in [0.2, 0.25) is 5.89 Å². The van der Waals surface area contributed by atoms with E-state index in [1.54, 1.807) is 6.07 Å². The standard InChI is InChI=1S/C25H29F3N4O2/c1-18-7-4-5-9-20(18)15-32(14-19-8-6-10-21(13-19)25(26,27)28)16-23-30-22(17-34-23)24(33)29-11-12-31(2)3/h4-10,13,17H,11-12,14-16H2,1-3H3,(H,29,33). The maximum Gasteiger partial charge on any atom is 0.416 e. The van der Waals surface area contributed by atoms with Gasteiger partial charge in [-0.05, 0) is 43.8 Å². The Hall–Kier alpha value is -3.17. The zero-order valence-electron chi connectivity index (χ0n) is 19.5. The summed E-state index contributed by atoms with van der Waals surface area (Å²) in [7, 11) is 3.82. The lowest BCUT2D eigenvalue weighted by molar-refractivity contribution is -0.137. The molecule has 0 aliphatic heterocycles. The number of nitrogens with zero attached hydrogens (tertiary/aromatic N) is 3. The summed E-state index contributed by atoms with van der Waals surface area (Å²) in [6.45, 7) is 4.12. The van der Waals surface area contributed by atoms with Crippen molar-refractivity contribution in [2.45, 2.75) is 32.7 Å². The molecule has 0 bridgehead atoms. The summed E-state index contributed by atoms with van der Waals surface area (Å²) in [6.07, 6.45) is -3.11. The molecule has 0 unspecified atom stereocenters. The number of halogens is 3. The highest BCUT2D eigenvalue weighted by atomic mass is 19.4. The molecule has 2 aromatic carbocycles. The maximum absolute atomic E-state index is 13.2. The van der Waals surface area contributed by atoms with Gasteiger partial charge < -0.3 is 14.6 Å². The van der Waals surface area contributed by atoms with Crippen molar-refractivity contribution in [1.82, 2.24) is 20.1 Å². The number of benzene rings is 2. The van der Waals surface area contributed by atoms with E-state index in [1.807, 2.05) is 55.1 Å². The molecule has 0 spiro atoms. The van der Waals surface area contributed by atoms with Crippen LogP contribution in [0.2, 0.25) is 0 Å². The molecule has 34 heavy (non-hydrogen) atoms. The zero-order chi connectivity index (χ0) is 24.7. The molecule has 6 nitrogen and oxygen atoms in total. The number of amides is 1. The number of oxazole rings is 1. The van der Waals surface area contributed by atoms with E-state index in [4.69, 9.17) is 4.42 Å². The van der Waals surface area contributed by atoms with Crippen molar-refractivity contribution < 1.29 is 22.4 Å². The van der Waals surface area contributed by atoms with Gasteiger partial charge in [0.05, 0.1) is 12.1 Å². The van der Waals surface area contributed by atoms with Crippen LogP contribution in [0, 0.1) is 6.92 Å². The minimum atomic E-state index is -4.41. The highest BCUT2D eigenvalue weighted by Crippen LogP contribution is 2.30. The van der Waals surface area contributed by atoms with Crippen LogP contribution in [-0.2, 0) is 25.8 Å². The molecule has 0 radical (unpaired) electrons. The molecular formula is C25H29F3N4O2. The average molecular weight is 475 g/mol. The second-order valence-electron chi connectivity index (χ2n) is 8.46. The molecule has 0 saturated heterocycles. The first-order valence-electron chi connectivity index (χ1n) is 10.9. The third-order valence-corrected chi connectivity index (χ3v) is 5.30. The molecule has 3 aromatic rings. The number of likely N-dealkylation sites (N-methyl/N-ethyl adjacent to an activating group) is 1. The van der Waals surface area contributed by atoms with Gasteiger partial charge in [-0.3, -0.25) is 9.69 Å². The van der Waals surface area contributed by atoms with Crippen molar-refractivity contribution in [2.24, 2.45) is 0 Å². The zero-order valence-corrected chi connectivity index (χ0v) is 19.5. The second kappa shape index (κ2) is 11.3. The summed E-state index contributed by atoms with van der Waals surface area (Å²) in [6, 6.07) is 13.1. The lowest BCUT2D eigenvalue weighted by Crippen LogP contribution is -2.31. The SMILES string of the molecule is Cc1ccccc1CN(Cc1cccc(C(F)(F)F)c1)Cc1nc(C(=O)NCCN(C)C)co1. The predicted octanol–water partition coefficient (Wildman–Crippen LogP) is 4.50. The number of nitrogens with one attached hydrogen (secondary N) is 1. The Morgan fingerprint density at radius 2 is 1.82 bits per heavy atom. The molecular weight excluding hydrogens is 445 g/mol. The minimum Gasteiger partial charge on any atom is -0.447 e. The average Bonchev–Trinajstić information content (AvgIpc) is 3.23. The molecule has 182 valence electrons. The molecule has 0 aliphatic carbocycles. The van der Waals surface area contributed by atoms with Crippen LogP contribution in [0.1, 0.15) is 38.6 Å². The number of carbonyl (C=O) groups excluding carboxylic acids is 1. The first kappa shape index (κ1) is 25.5. The molecule has 0 saturated carbocycles. The van der Waals surface area contributed by atoms with Crippen molar-refractivity contribution in [3.8, 4) is 0 Å². The molecule has 3 rings (SSSR count). The van der Waals surface area contributed by atoms with E-state index < -0.39 is 11.7 Å². The number of rotatable bonds is 10. The summed E-state index contributed by atoms with van der Waals surface area (Å²) in [5, 5.41) is 2.78. The van der Waals surface area contributed by atoms with Crippen LogP contribution in [0.25, 0.3) is 0 Å². The minimum absolute atomic E-state index is 0.170. The molecule has 0 fully saturated rings. The summed E-state index contributed by atoms with van der Waals surface area (Å²) in [4.78, 5) is 20.5. The first-order chi connectivity index (χ1) is 16.1. The van der Waals surface area contributed by atoms with Gasteiger partial charge in [0.15, 0.2) is 5.69 Å². The van der Waals surface area contributed by atoms with Gasteiger partial charge in [0, 0.05) is 26.2 Å². The number of hydrogen-bond donors (Lipinski definition) is 1. The molecule has 1 aromatic heterocycles. The summed E-state index contributed by atoms with van der Waals surface area (Å²) < 4.78 is 45.1. The Bertz CT molecular complexity index is 1100. The highest BCUT2D eigenvalue weighted by Gasteiger charge is 2.30. The van der Waals surface area contributed by atoms with E-state index in [-0.39, 0.29) is 24.7 Å². The van der Waals surface area contributed by atoms with Crippen LogP contribution in [0.4, 0.5) is 13.2 Å². The molecule has 1 N–H and O–H groups in total. The molecule has 1 amide bonds. The Labute approximate surface area is 197 Å². The number of aryl methyl sites for hydroxylation is 1. The third kappa shape index (κ3) is 7.43. The largest absolute Gasteiger partial charge is 0.447 e. The van der Waals surface area contributed by atoms with Gasteiger partial charge in [0.25, 0.3) is 5.91 Å². The van der Waals surface area contributed by atoms with Gasteiger partial charge in [-0.2, -0.15) is 13.2 Å². The van der Waals surface area contributed by atoms with Gasteiger partial charge in [-0.15, -0.1) is 0 Å². The number of alkyl halides is 3. The molecule has 0 aliphatic rings. The van der Waals surface area contributed by atoms with Crippen molar-refractivity contribution in [2.75, 3.05) is 27.2 Å². The fraction of sp³-hybridized carbons (Fsp3) is 0.360. The normalized spacial score (nSPS) is 11.9. The van der Waals surface area contributed by atoms with Crippen molar-refractivity contribution in [3.05, 3.63) is 88.6 Å². The van der Waals surface area contributed by atoms with Crippen LogP contribution in [0.15, 0.2) is 59.2 Å². The fourth-order valence-corrected chi connectivity index (χ4v) is 3.46. The fourth-order valence-electron chi connectivity index (χ4n) is 3.46. The lowest BCUT2D eigenvalue weighted by Gasteiger charge is -2.22. The van der Waals surface area contributed by atoms with Gasteiger partial charge in [-0.1, -0.05) is 42.5 Å². The Balaban J connectivity index is 1.76. The van der Waals surface area contributed by atoms with E-state index >= 15 is 0 Å². The third-order valence-electron chi connectivity index (χ3n) is 5.30. The van der Waals surface area contributed by atoms with Crippen molar-refractivity contribution >= 4 is 5.91 Å². The maximum atomic E-state index is 13.2. The van der Waals surface area contributed by atoms with Crippen LogP contribution >= 0.6 is 0 Å². The van der Waals surface area contributed by atoms with Gasteiger partial charge in [0.1, 0.15) is 6.26 Å². The first-order valence-corrected chi connectivity index (χ1v) is 10.9. The molecule has 0 atom stereocenters.